The zero-order chi connectivity index (χ0) is 22.2. The number of hydrazone groups is 1. The van der Waals surface area contributed by atoms with E-state index in [2.05, 4.69) is 26.5 Å². The number of hydrogen-bond donors (Lipinski definition) is 1. The summed E-state index contributed by atoms with van der Waals surface area (Å²) in [4.78, 5) is 11.9. The summed E-state index contributed by atoms with van der Waals surface area (Å²) in [5, 5.41) is 4.62. The Kier molecular flexibility index (Phi) is 8.09. The smallest absolute Gasteiger partial charge is 0.277 e. The quantitative estimate of drug-likeness (QED) is 0.312. The summed E-state index contributed by atoms with van der Waals surface area (Å²) >= 11 is 9.25. The average molecular weight is 502 g/mol. The van der Waals surface area contributed by atoms with E-state index >= 15 is 0 Å². The van der Waals surface area contributed by atoms with Gasteiger partial charge in [0.15, 0.2) is 6.61 Å². The van der Waals surface area contributed by atoms with Crippen molar-refractivity contribution >= 4 is 39.7 Å². The molecule has 0 aliphatic rings. The van der Waals surface area contributed by atoms with E-state index in [-0.39, 0.29) is 12.5 Å². The minimum absolute atomic E-state index is 0.139. The largest absolute Gasteiger partial charge is 0.488 e. The summed E-state index contributed by atoms with van der Waals surface area (Å²) in [5.74, 6) is 1.06. The molecule has 0 heterocycles. The minimum Gasteiger partial charge on any atom is -0.488 e. The van der Waals surface area contributed by atoms with Crippen molar-refractivity contribution < 1.29 is 14.3 Å². The van der Waals surface area contributed by atoms with Crippen LogP contribution in [0.25, 0.3) is 0 Å². The molecule has 160 valence electrons. The van der Waals surface area contributed by atoms with Gasteiger partial charge in [0, 0.05) is 9.50 Å². The zero-order valence-corrected chi connectivity index (χ0v) is 19.5. The highest BCUT2D eigenvalue weighted by Crippen LogP contribution is 2.25. The summed E-state index contributed by atoms with van der Waals surface area (Å²) in [6.45, 7) is 4.32. The fourth-order valence-corrected chi connectivity index (χ4v) is 3.30. The van der Waals surface area contributed by atoms with Gasteiger partial charge in [0.1, 0.15) is 18.1 Å². The second-order valence-electron chi connectivity index (χ2n) is 6.93. The van der Waals surface area contributed by atoms with E-state index in [9.17, 15) is 4.79 Å². The first-order valence-corrected chi connectivity index (χ1v) is 10.8. The summed E-state index contributed by atoms with van der Waals surface area (Å²) < 4.78 is 12.4. The molecule has 3 rings (SSSR count). The number of carbonyl (C=O) groups excluding carboxylic acids is 1. The van der Waals surface area contributed by atoms with E-state index < -0.39 is 0 Å². The molecule has 7 heteroatoms. The number of nitrogens with zero attached hydrogens (tertiary/aromatic N) is 1. The van der Waals surface area contributed by atoms with Crippen LogP contribution in [0.3, 0.4) is 0 Å². The van der Waals surface area contributed by atoms with Crippen molar-refractivity contribution in [1.82, 2.24) is 5.43 Å². The van der Waals surface area contributed by atoms with Gasteiger partial charge in [-0.1, -0.05) is 39.7 Å². The van der Waals surface area contributed by atoms with Gasteiger partial charge < -0.3 is 9.47 Å². The summed E-state index contributed by atoms with van der Waals surface area (Å²) in [6.07, 6.45) is 1.60. The summed E-state index contributed by atoms with van der Waals surface area (Å²) in [5.41, 5.74) is 6.41. The fraction of sp³-hybridized carbons (Fsp3) is 0.167. The highest BCUT2D eigenvalue weighted by Gasteiger charge is 2.07. The Hall–Kier alpha value is -2.83. The predicted molar refractivity (Wildman–Crippen MR) is 127 cm³/mol. The Morgan fingerprint density at radius 2 is 1.68 bits per heavy atom. The first-order chi connectivity index (χ1) is 14.9. The van der Waals surface area contributed by atoms with Gasteiger partial charge >= 0.3 is 0 Å². The van der Waals surface area contributed by atoms with E-state index in [0.29, 0.717) is 17.4 Å². The van der Waals surface area contributed by atoms with E-state index in [1.165, 1.54) is 0 Å². The normalized spacial score (nSPS) is 10.8. The summed E-state index contributed by atoms with van der Waals surface area (Å²) in [6, 6.07) is 18.8. The molecule has 0 unspecified atom stereocenters. The SMILES string of the molecule is Cc1cc(/C=N\NC(=O)COc2ccc(Cl)cc2)cc(C)c1OCc1ccc(Br)cc1. The molecule has 0 aliphatic carbocycles. The van der Waals surface area contributed by atoms with Crippen molar-refractivity contribution in [2.75, 3.05) is 6.61 Å². The lowest BCUT2D eigenvalue weighted by atomic mass is 10.1. The molecule has 0 atom stereocenters. The lowest BCUT2D eigenvalue weighted by molar-refractivity contribution is -0.123. The number of benzene rings is 3. The van der Waals surface area contributed by atoms with Crippen LogP contribution in [-0.4, -0.2) is 18.7 Å². The third-order valence-corrected chi connectivity index (χ3v) is 5.15. The van der Waals surface area contributed by atoms with Crippen LogP contribution < -0.4 is 14.9 Å². The highest BCUT2D eigenvalue weighted by molar-refractivity contribution is 9.10. The molecule has 31 heavy (non-hydrogen) atoms. The van der Waals surface area contributed by atoms with Gasteiger partial charge in [-0.25, -0.2) is 5.43 Å². The molecule has 0 aliphatic heterocycles. The maximum absolute atomic E-state index is 11.9. The Bertz CT molecular complexity index is 1040. The Morgan fingerprint density at radius 1 is 1.03 bits per heavy atom. The zero-order valence-electron chi connectivity index (χ0n) is 17.2. The molecule has 0 aromatic heterocycles. The number of amides is 1. The van der Waals surface area contributed by atoms with Gasteiger partial charge in [0.2, 0.25) is 0 Å². The number of rotatable bonds is 8. The van der Waals surface area contributed by atoms with Gasteiger partial charge in [-0.2, -0.15) is 5.10 Å². The third kappa shape index (κ3) is 7.12. The van der Waals surface area contributed by atoms with Crippen LogP contribution in [0, 0.1) is 13.8 Å². The van der Waals surface area contributed by atoms with Crippen molar-refractivity contribution in [3.05, 3.63) is 92.4 Å². The van der Waals surface area contributed by atoms with Crippen molar-refractivity contribution in [3.8, 4) is 11.5 Å². The maximum atomic E-state index is 11.9. The number of ether oxygens (including phenoxy) is 2. The highest BCUT2D eigenvalue weighted by atomic mass is 79.9. The van der Waals surface area contributed by atoms with Gasteiger partial charge in [0.25, 0.3) is 5.91 Å². The molecule has 0 saturated heterocycles. The van der Waals surface area contributed by atoms with Crippen molar-refractivity contribution in [2.45, 2.75) is 20.5 Å². The molecule has 1 N–H and O–H groups in total. The standard InChI is InChI=1S/C24H22BrClN2O3/c1-16-11-19(12-17(2)24(16)31-14-18-3-5-20(25)6-4-18)13-27-28-23(29)15-30-22-9-7-21(26)8-10-22/h3-13H,14-15H2,1-2H3,(H,28,29)/b27-13-. The van der Waals surface area contributed by atoms with E-state index in [0.717, 1.165) is 32.5 Å². The van der Waals surface area contributed by atoms with Crippen molar-refractivity contribution in [2.24, 2.45) is 5.10 Å². The topological polar surface area (TPSA) is 59.9 Å². The van der Waals surface area contributed by atoms with Gasteiger partial charge in [0.05, 0.1) is 6.21 Å². The minimum atomic E-state index is -0.353. The second-order valence-corrected chi connectivity index (χ2v) is 8.29. The van der Waals surface area contributed by atoms with Gasteiger partial charge in [-0.05, 0) is 84.6 Å². The molecule has 1 amide bonds. The molecule has 3 aromatic carbocycles. The molecule has 5 nitrogen and oxygen atoms in total. The molecule has 0 bridgehead atoms. The van der Waals surface area contributed by atoms with E-state index in [1.54, 1.807) is 30.5 Å². The number of hydrogen-bond acceptors (Lipinski definition) is 4. The monoisotopic (exact) mass is 500 g/mol. The Morgan fingerprint density at radius 3 is 2.32 bits per heavy atom. The number of aryl methyl sites for hydroxylation is 2. The van der Waals surface area contributed by atoms with Crippen LogP contribution in [0.4, 0.5) is 0 Å². The van der Waals surface area contributed by atoms with Crippen molar-refractivity contribution in [1.29, 1.82) is 0 Å². The van der Waals surface area contributed by atoms with E-state index in [1.807, 2.05) is 50.2 Å². The lowest BCUT2D eigenvalue weighted by Gasteiger charge is -2.13. The average Bonchev–Trinajstić information content (AvgIpc) is 2.74. The Labute approximate surface area is 195 Å². The molecule has 0 radical (unpaired) electrons. The maximum Gasteiger partial charge on any atom is 0.277 e. The summed E-state index contributed by atoms with van der Waals surface area (Å²) in [7, 11) is 0. The van der Waals surface area contributed by atoms with Gasteiger partial charge in [-0.3, -0.25) is 4.79 Å². The van der Waals surface area contributed by atoms with Crippen LogP contribution in [0.15, 0.2) is 70.2 Å². The second kappa shape index (κ2) is 11.0. The van der Waals surface area contributed by atoms with Crippen LogP contribution in [-0.2, 0) is 11.4 Å². The van der Waals surface area contributed by atoms with Crippen LogP contribution >= 0.6 is 27.5 Å². The predicted octanol–water partition coefficient (Wildman–Crippen LogP) is 5.83. The van der Waals surface area contributed by atoms with Crippen molar-refractivity contribution in [3.63, 3.8) is 0 Å². The first kappa shape index (κ1) is 22.8. The van der Waals surface area contributed by atoms with Crippen LogP contribution in [0.5, 0.6) is 11.5 Å². The fourth-order valence-electron chi connectivity index (χ4n) is 2.91. The van der Waals surface area contributed by atoms with Crippen LogP contribution in [0.2, 0.25) is 5.02 Å². The number of halogens is 2. The molecular formula is C24H22BrClN2O3. The molecule has 3 aromatic rings. The third-order valence-electron chi connectivity index (χ3n) is 4.37. The lowest BCUT2D eigenvalue weighted by Crippen LogP contribution is -2.24. The van der Waals surface area contributed by atoms with Crippen LogP contribution in [0.1, 0.15) is 22.3 Å². The van der Waals surface area contributed by atoms with Gasteiger partial charge in [-0.15, -0.1) is 0 Å². The molecular weight excluding hydrogens is 480 g/mol. The molecule has 0 spiro atoms. The Balaban J connectivity index is 1.52. The number of nitrogens with one attached hydrogen (secondary N) is 1. The molecule has 0 saturated carbocycles. The molecule has 0 fully saturated rings. The number of carbonyl (C=O) groups is 1. The first-order valence-electron chi connectivity index (χ1n) is 9.59. The van der Waals surface area contributed by atoms with E-state index in [4.69, 9.17) is 21.1 Å².